The zero-order valence-corrected chi connectivity index (χ0v) is 12.8. The third-order valence-electron chi connectivity index (χ3n) is 3.19. The van der Waals surface area contributed by atoms with E-state index in [2.05, 4.69) is 15.5 Å². The third kappa shape index (κ3) is 4.89. The molecule has 0 spiro atoms. The van der Waals surface area contributed by atoms with Gasteiger partial charge in [-0.1, -0.05) is 18.3 Å². The van der Waals surface area contributed by atoms with Gasteiger partial charge in [-0.05, 0) is 6.42 Å². The Morgan fingerprint density at radius 2 is 2.27 bits per heavy atom. The van der Waals surface area contributed by atoms with Gasteiger partial charge in [-0.2, -0.15) is 13.2 Å². The maximum Gasteiger partial charge on any atom is 0.415 e. The molecule has 1 fully saturated rings. The molecule has 0 aromatic carbocycles. The van der Waals surface area contributed by atoms with E-state index in [0.717, 1.165) is 11.4 Å². The molecule has 2 heterocycles. The van der Waals surface area contributed by atoms with E-state index in [9.17, 15) is 18.0 Å². The second-order valence-electron chi connectivity index (χ2n) is 4.85. The first-order valence-corrected chi connectivity index (χ1v) is 7.73. The molecule has 1 aromatic rings. The van der Waals surface area contributed by atoms with Gasteiger partial charge in [0.25, 0.3) is 0 Å². The van der Waals surface area contributed by atoms with E-state index in [-0.39, 0.29) is 32.0 Å². The minimum absolute atomic E-state index is 0.0159. The molecule has 1 saturated heterocycles. The summed E-state index contributed by atoms with van der Waals surface area (Å²) in [6, 6.07) is 0. The second kappa shape index (κ2) is 7.34. The van der Waals surface area contributed by atoms with Gasteiger partial charge in [-0.3, -0.25) is 9.69 Å². The summed E-state index contributed by atoms with van der Waals surface area (Å²) in [6.45, 7) is 2.35. The van der Waals surface area contributed by atoms with E-state index >= 15 is 0 Å². The number of aryl methyl sites for hydroxylation is 1. The van der Waals surface area contributed by atoms with E-state index in [1.807, 2.05) is 6.92 Å². The Labute approximate surface area is 129 Å². The lowest BCUT2D eigenvalue weighted by atomic mass is 10.2. The zero-order chi connectivity index (χ0) is 16.2. The summed E-state index contributed by atoms with van der Waals surface area (Å²) >= 11 is 1.29. The Morgan fingerprint density at radius 3 is 2.91 bits per heavy atom. The summed E-state index contributed by atoms with van der Waals surface area (Å²) in [5.41, 5.74) is 0. The molecule has 1 aliphatic heterocycles. The normalized spacial score (nSPS) is 20.1. The van der Waals surface area contributed by atoms with Crippen molar-refractivity contribution in [3.05, 3.63) is 5.01 Å². The lowest BCUT2D eigenvalue weighted by molar-refractivity contribution is -0.237. The van der Waals surface area contributed by atoms with Crippen LogP contribution in [0, 0.1) is 0 Å². The Morgan fingerprint density at radius 1 is 1.50 bits per heavy atom. The highest BCUT2D eigenvalue weighted by Gasteiger charge is 2.43. The van der Waals surface area contributed by atoms with Crippen LogP contribution in [0.1, 0.15) is 18.4 Å². The van der Waals surface area contributed by atoms with Crippen molar-refractivity contribution in [2.24, 2.45) is 0 Å². The number of anilines is 1. The van der Waals surface area contributed by atoms with E-state index in [1.165, 1.54) is 11.3 Å². The van der Waals surface area contributed by atoms with E-state index < -0.39 is 12.3 Å². The number of carbonyl (C=O) groups excluding carboxylic acids is 1. The second-order valence-corrected chi connectivity index (χ2v) is 5.92. The first-order valence-electron chi connectivity index (χ1n) is 6.91. The number of hydrogen-bond acceptors (Lipinski definition) is 6. The van der Waals surface area contributed by atoms with E-state index in [4.69, 9.17) is 4.74 Å². The standard InChI is InChI=1S/C12H17F3N4O2S/c1-2-10-17-18-11(22-10)16-9(20)3-4-19-5-6-21-8(7-19)12(13,14)15/h8H,2-7H2,1H3,(H,16,18,20). The number of rotatable bonds is 5. The zero-order valence-electron chi connectivity index (χ0n) is 12.0. The van der Waals surface area contributed by atoms with Crippen molar-refractivity contribution >= 4 is 22.4 Å². The Balaban J connectivity index is 1.76. The number of morpholine rings is 1. The van der Waals surface area contributed by atoms with Crippen LogP contribution in [0.25, 0.3) is 0 Å². The van der Waals surface area contributed by atoms with Crippen LogP contribution in [-0.2, 0) is 16.0 Å². The molecule has 0 bridgehead atoms. The van der Waals surface area contributed by atoms with Crippen LogP contribution in [0.2, 0.25) is 0 Å². The minimum Gasteiger partial charge on any atom is -0.366 e. The molecule has 0 aliphatic carbocycles. The molecule has 124 valence electrons. The summed E-state index contributed by atoms with van der Waals surface area (Å²) in [5.74, 6) is -0.283. The van der Waals surface area contributed by atoms with Crippen molar-refractivity contribution in [1.29, 1.82) is 0 Å². The molecule has 6 nitrogen and oxygen atoms in total. The molecule has 1 aromatic heterocycles. The van der Waals surface area contributed by atoms with Crippen LogP contribution in [0.5, 0.6) is 0 Å². The quantitative estimate of drug-likeness (QED) is 0.885. The number of nitrogens with one attached hydrogen (secondary N) is 1. The van der Waals surface area contributed by atoms with Gasteiger partial charge < -0.3 is 10.1 Å². The summed E-state index contributed by atoms with van der Waals surface area (Å²) < 4.78 is 42.5. The first kappa shape index (κ1) is 17.1. The molecular formula is C12H17F3N4O2S. The van der Waals surface area contributed by atoms with Gasteiger partial charge in [-0.25, -0.2) is 0 Å². The predicted molar refractivity (Wildman–Crippen MR) is 74.8 cm³/mol. The van der Waals surface area contributed by atoms with Gasteiger partial charge >= 0.3 is 6.18 Å². The molecule has 22 heavy (non-hydrogen) atoms. The number of carbonyl (C=O) groups is 1. The van der Waals surface area contributed by atoms with Crippen molar-refractivity contribution in [3.63, 3.8) is 0 Å². The van der Waals surface area contributed by atoms with Crippen LogP contribution >= 0.6 is 11.3 Å². The number of ether oxygens (including phenoxy) is 1. The number of amides is 1. The van der Waals surface area contributed by atoms with Crippen molar-refractivity contribution in [3.8, 4) is 0 Å². The highest BCUT2D eigenvalue weighted by molar-refractivity contribution is 7.15. The fraction of sp³-hybridized carbons (Fsp3) is 0.750. The number of halogens is 3. The lowest BCUT2D eigenvalue weighted by Gasteiger charge is -2.33. The monoisotopic (exact) mass is 338 g/mol. The summed E-state index contributed by atoms with van der Waals surface area (Å²) in [7, 11) is 0. The maximum absolute atomic E-state index is 12.6. The molecule has 0 saturated carbocycles. The van der Waals surface area contributed by atoms with Crippen LogP contribution in [0.4, 0.5) is 18.3 Å². The SMILES string of the molecule is CCc1nnc(NC(=O)CCN2CCOC(C(F)(F)F)C2)s1. The smallest absolute Gasteiger partial charge is 0.366 e. The average molecular weight is 338 g/mol. The van der Waals surface area contributed by atoms with E-state index in [1.54, 1.807) is 4.90 Å². The summed E-state index contributed by atoms with van der Waals surface area (Å²) in [6.07, 6.45) is -5.31. The van der Waals surface area contributed by atoms with Gasteiger partial charge in [0.05, 0.1) is 6.61 Å². The highest BCUT2D eigenvalue weighted by Crippen LogP contribution is 2.25. The number of nitrogens with zero attached hydrogens (tertiary/aromatic N) is 3. The lowest BCUT2D eigenvalue weighted by Crippen LogP contribution is -2.49. The summed E-state index contributed by atoms with van der Waals surface area (Å²) in [5, 5.41) is 11.5. The van der Waals surface area contributed by atoms with Crippen molar-refractivity contribution in [1.82, 2.24) is 15.1 Å². The van der Waals surface area contributed by atoms with Crippen LogP contribution in [0.15, 0.2) is 0 Å². The van der Waals surface area contributed by atoms with Crippen LogP contribution in [-0.4, -0.2) is 59.5 Å². The Hall–Kier alpha value is -1.26. The van der Waals surface area contributed by atoms with Crippen molar-refractivity contribution < 1.29 is 22.7 Å². The maximum atomic E-state index is 12.6. The molecule has 1 atom stereocenters. The topological polar surface area (TPSA) is 67.4 Å². The molecule has 1 aliphatic rings. The molecule has 1 unspecified atom stereocenters. The Kier molecular flexibility index (Phi) is 5.70. The predicted octanol–water partition coefficient (Wildman–Crippen LogP) is 1.69. The highest BCUT2D eigenvalue weighted by atomic mass is 32.1. The number of hydrogen-bond donors (Lipinski definition) is 1. The minimum atomic E-state index is -4.37. The average Bonchev–Trinajstić information content (AvgIpc) is 2.92. The van der Waals surface area contributed by atoms with Gasteiger partial charge in [0.2, 0.25) is 11.0 Å². The third-order valence-corrected chi connectivity index (χ3v) is 4.17. The van der Waals surface area contributed by atoms with Gasteiger partial charge in [0.1, 0.15) is 5.01 Å². The molecule has 1 N–H and O–H groups in total. The van der Waals surface area contributed by atoms with E-state index in [0.29, 0.717) is 11.7 Å². The van der Waals surface area contributed by atoms with Crippen molar-refractivity contribution in [2.75, 3.05) is 31.6 Å². The molecule has 0 radical (unpaired) electrons. The summed E-state index contributed by atoms with van der Waals surface area (Å²) in [4.78, 5) is 13.4. The fourth-order valence-corrected chi connectivity index (χ4v) is 2.69. The number of aromatic nitrogens is 2. The van der Waals surface area contributed by atoms with Crippen LogP contribution in [0.3, 0.4) is 0 Å². The molecule has 2 rings (SSSR count). The largest absolute Gasteiger partial charge is 0.415 e. The first-order chi connectivity index (χ1) is 10.4. The molecular weight excluding hydrogens is 321 g/mol. The number of alkyl halides is 3. The van der Waals surface area contributed by atoms with Gasteiger partial charge in [0, 0.05) is 26.1 Å². The van der Waals surface area contributed by atoms with Gasteiger partial charge in [-0.15, -0.1) is 10.2 Å². The Bertz CT molecular complexity index is 509. The van der Waals surface area contributed by atoms with Crippen LogP contribution < -0.4 is 5.32 Å². The fourth-order valence-electron chi connectivity index (χ4n) is 1.99. The van der Waals surface area contributed by atoms with Gasteiger partial charge in [0.15, 0.2) is 6.10 Å². The van der Waals surface area contributed by atoms with Crippen molar-refractivity contribution in [2.45, 2.75) is 32.0 Å². The molecule has 10 heteroatoms. The molecule has 1 amide bonds.